The van der Waals surface area contributed by atoms with Crippen LogP contribution in [0.3, 0.4) is 0 Å². The lowest BCUT2D eigenvalue weighted by Gasteiger charge is -2.27. The number of hydrogen-bond donors (Lipinski definition) is 0. The molecule has 0 radical (unpaired) electrons. The van der Waals surface area contributed by atoms with Crippen LogP contribution in [0.25, 0.3) is 6.08 Å². The van der Waals surface area contributed by atoms with Crippen molar-refractivity contribution in [1.29, 1.82) is 0 Å². The van der Waals surface area contributed by atoms with Crippen LogP contribution in [0.1, 0.15) is 49.4 Å². The van der Waals surface area contributed by atoms with Gasteiger partial charge in [0.05, 0.1) is 46.0 Å². The van der Waals surface area contributed by atoms with Crippen molar-refractivity contribution in [2.45, 2.75) is 39.3 Å². The summed E-state index contributed by atoms with van der Waals surface area (Å²) in [5.41, 5.74) is 2.62. The lowest BCUT2D eigenvalue weighted by molar-refractivity contribution is -0.384. The average Bonchev–Trinajstić information content (AvgIpc) is 3.37. The van der Waals surface area contributed by atoms with E-state index in [-0.39, 0.29) is 30.0 Å². The summed E-state index contributed by atoms with van der Waals surface area (Å²) >= 11 is 4.79. The fraction of sp³-hybridized carbons (Fsp3) is 0.265. The first-order chi connectivity index (χ1) is 22.7. The quantitative estimate of drug-likeness (QED) is 0.101. The van der Waals surface area contributed by atoms with Gasteiger partial charge in [-0.25, -0.2) is 9.79 Å². The summed E-state index contributed by atoms with van der Waals surface area (Å²) in [6, 6.07) is 16.0. The van der Waals surface area contributed by atoms with E-state index in [4.69, 9.17) is 23.9 Å². The van der Waals surface area contributed by atoms with E-state index in [1.54, 1.807) is 56.5 Å². The lowest BCUT2D eigenvalue weighted by Crippen LogP contribution is -2.40. The number of aromatic nitrogens is 1. The van der Waals surface area contributed by atoms with Crippen molar-refractivity contribution in [3.63, 3.8) is 0 Å². The Morgan fingerprint density at radius 3 is 2.45 bits per heavy atom. The van der Waals surface area contributed by atoms with Crippen LogP contribution < -0.4 is 29.1 Å². The number of allylic oxidation sites excluding steroid dienone is 1. The van der Waals surface area contributed by atoms with E-state index in [9.17, 15) is 19.7 Å². The number of esters is 1. The second kappa shape index (κ2) is 14.8. The molecule has 47 heavy (non-hydrogen) atoms. The fourth-order valence-corrected chi connectivity index (χ4v) is 6.75. The molecule has 1 aromatic heterocycles. The summed E-state index contributed by atoms with van der Waals surface area (Å²) in [4.78, 5) is 43.4. The fourth-order valence-electron chi connectivity index (χ4n) is 5.22. The largest absolute Gasteiger partial charge is 0.497 e. The summed E-state index contributed by atoms with van der Waals surface area (Å²) in [6.07, 6.45) is 3.00. The van der Waals surface area contributed by atoms with Gasteiger partial charge in [0, 0.05) is 17.7 Å². The van der Waals surface area contributed by atoms with Gasteiger partial charge in [0.15, 0.2) is 4.80 Å². The number of hydrogen-bond acceptors (Lipinski definition) is 10. The molecule has 0 N–H and O–H groups in total. The molecule has 5 rings (SSSR count). The first kappa shape index (κ1) is 33.6. The highest BCUT2D eigenvalue weighted by Crippen LogP contribution is 2.39. The highest BCUT2D eigenvalue weighted by molar-refractivity contribution is 9.10. The maximum absolute atomic E-state index is 14.2. The normalized spacial score (nSPS) is 14.3. The van der Waals surface area contributed by atoms with Crippen LogP contribution in [-0.2, 0) is 16.1 Å². The molecule has 0 saturated heterocycles. The summed E-state index contributed by atoms with van der Waals surface area (Å²) < 4.78 is 25.2. The number of fused-ring (bicyclic) bond motifs is 1. The standard InChI is InChI=1S/C34H32BrN3O8S/c1-5-7-26-30(33(40)45-6-2)31(24-18-23(43-3)13-15-27(24)44-4)37-32(39)29(47-34(37)36-26)17-21-10-14-28(25(35)16-21)46-19-20-8-11-22(12-9-20)38(41)42/h8-18,31H,5-7,19H2,1-4H3/b29-17-/t31-/m0/s1. The molecule has 244 valence electrons. The SMILES string of the molecule is CCCC1=C(C(=O)OCC)[C@H](c2cc(OC)ccc2OC)n2c(s/c(=C\c3ccc(OCc4ccc([N+](=O)[O-])cc4)c(Br)c3)c2=O)=N1. The van der Waals surface area contributed by atoms with Crippen molar-refractivity contribution in [3.05, 3.63) is 123 Å². The van der Waals surface area contributed by atoms with Crippen LogP contribution in [0.15, 0.2) is 86.2 Å². The lowest BCUT2D eigenvalue weighted by atomic mass is 9.93. The maximum atomic E-state index is 14.2. The van der Waals surface area contributed by atoms with Crippen LogP contribution in [0.5, 0.6) is 17.2 Å². The number of carbonyl (C=O) groups is 1. The number of benzene rings is 3. The minimum Gasteiger partial charge on any atom is -0.497 e. The van der Waals surface area contributed by atoms with Crippen LogP contribution >= 0.6 is 27.3 Å². The summed E-state index contributed by atoms with van der Waals surface area (Å²) in [6.45, 7) is 4.11. The van der Waals surface area contributed by atoms with Gasteiger partial charge in [0.2, 0.25) is 0 Å². The molecule has 0 amide bonds. The van der Waals surface area contributed by atoms with Crippen molar-refractivity contribution >= 4 is 45.0 Å². The highest BCUT2D eigenvalue weighted by Gasteiger charge is 2.36. The molecule has 1 aliphatic rings. The Kier molecular flexibility index (Phi) is 10.6. The molecular weight excluding hydrogens is 690 g/mol. The molecule has 0 unspecified atom stereocenters. The number of methoxy groups -OCH3 is 2. The molecule has 0 aliphatic carbocycles. The number of non-ortho nitro benzene ring substituents is 1. The topological polar surface area (TPSA) is 131 Å². The number of halogens is 1. The first-order valence-electron chi connectivity index (χ1n) is 14.8. The van der Waals surface area contributed by atoms with Crippen molar-refractivity contribution < 1.29 is 28.7 Å². The van der Waals surface area contributed by atoms with Crippen LogP contribution in [0.2, 0.25) is 0 Å². The molecule has 13 heteroatoms. The molecular formula is C34H32BrN3O8S. The van der Waals surface area contributed by atoms with E-state index in [2.05, 4.69) is 15.9 Å². The number of rotatable bonds is 12. The molecule has 0 spiro atoms. The molecule has 0 bridgehead atoms. The third kappa shape index (κ3) is 7.15. The van der Waals surface area contributed by atoms with Crippen molar-refractivity contribution in [2.75, 3.05) is 20.8 Å². The number of thiazole rings is 1. The van der Waals surface area contributed by atoms with E-state index < -0.39 is 16.9 Å². The van der Waals surface area contributed by atoms with Gasteiger partial charge < -0.3 is 18.9 Å². The predicted molar refractivity (Wildman–Crippen MR) is 181 cm³/mol. The molecule has 0 saturated carbocycles. The van der Waals surface area contributed by atoms with Gasteiger partial charge in [-0.2, -0.15) is 0 Å². The third-order valence-corrected chi connectivity index (χ3v) is 9.02. The Bertz CT molecular complexity index is 2040. The minimum atomic E-state index is -0.860. The summed E-state index contributed by atoms with van der Waals surface area (Å²) in [5, 5.41) is 10.9. The van der Waals surface area contributed by atoms with Gasteiger partial charge in [-0.1, -0.05) is 30.7 Å². The van der Waals surface area contributed by atoms with Crippen molar-refractivity contribution in [3.8, 4) is 17.2 Å². The highest BCUT2D eigenvalue weighted by atomic mass is 79.9. The third-order valence-electron chi connectivity index (χ3n) is 7.42. The Labute approximate surface area is 282 Å². The predicted octanol–water partition coefficient (Wildman–Crippen LogP) is 5.85. The zero-order chi connectivity index (χ0) is 33.7. The first-order valence-corrected chi connectivity index (χ1v) is 16.4. The Morgan fingerprint density at radius 1 is 1.06 bits per heavy atom. The number of ether oxygens (including phenoxy) is 4. The summed E-state index contributed by atoms with van der Waals surface area (Å²) in [5.74, 6) is 1.05. The zero-order valence-electron chi connectivity index (χ0n) is 26.2. The number of carbonyl (C=O) groups excluding carboxylic acids is 1. The van der Waals surface area contributed by atoms with Gasteiger partial charge in [0.25, 0.3) is 11.2 Å². The maximum Gasteiger partial charge on any atom is 0.338 e. The van der Waals surface area contributed by atoms with E-state index >= 15 is 0 Å². The minimum absolute atomic E-state index is 0.0113. The summed E-state index contributed by atoms with van der Waals surface area (Å²) in [7, 11) is 3.08. The van der Waals surface area contributed by atoms with E-state index in [0.29, 0.717) is 48.7 Å². The van der Waals surface area contributed by atoms with Crippen LogP contribution in [0, 0.1) is 10.1 Å². The Hall–Kier alpha value is -4.75. The van der Waals surface area contributed by atoms with E-state index in [1.807, 2.05) is 19.1 Å². The number of nitro groups is 1. The molecule has 1 aliphatic heterocycles. The number of nitrogens with zero attached hydrogens (tertiary/aromatic N) is 3. The average molecular weight is 723 g/mol. The van der Waals surface area contributed by atoms with Gasteiger partial charge in [-0.05, 0) is 88.9 Å². The molecule has 1 atom stereocenters. The smallest absolute Gasteiger partial charge is 0.338 e. The molecule has 0 fully saturated rings. The number of nitro benzene ring substituents is 1. The monoisotopic (exact) mass is 721 g/mol. The van der Waals surface area contributed by atoms with Gasteiger partial charge in [-0.3, -0.25) is 19.5 Å². The Morgan fingerprint density at radius 2 is 1.81 bits per heavy atom. The van der Waals surface area contributed by atoms with Gasteiger partial charge in [0.1, 0.15) is 29.9 Å². The van der Waals surface area contributed by atoms with E-state index in [0.717, 1.165) is 17.5 Å². The molecule has 2 heterocycles. The second-order valence-electron chi connectivity index (χ2n) is 10.4. The van der Waals surface area contributed by atoms with Crippen LogP contribution in [0.4, 0.5) is 5.69 Å². The van der Waals surface area contributed by atoms with Crippen LogP contribution in [-0.4, -0.2) is 36.3 Å². The molecule has 11 nitrogen and oxygen atoms in total. The zero-order valence-corrected chi connectivity index (χ0v) is 28.6. The Balaban J connectivity index is 1.57. The van der Waals surface area contributed by atoms with Crippen molar-refractivity contribution in [1.82, 2.24) is 4.57 Å². The molecule has 3 aromatic carbocycles. The van der Waals surface area contributed by atoms with Gasteiger partial charge >= 0.3 is 5.97 Å². The van der Waals surface area contributed by atoms with E-state index in [1.165, 1.54) is 35.1 Å². The van der Waals surface area contributed by atoms with Gasteiger partial charge in [-0.15, -0.1) is 0 Å². The van der Waals surface area contributed by atoms with Crippen molar-refractivity contribution in [2.24, 2.45) is 4.99 Å². The second-order valence-corrected chi connectivity index (χ2v) is 12.3. The molecule has 4 aromatic rings.